The number of nitrogens with zero attached hydrogens (tertiary/aromatic N) is 2. The van der Waals surface area contributed by atoms with Crippen LogP contribution in [0.2, 0.25) is 0 Å². The summed E-state index contributed by atoms with van der Waals surface area (Å²) in [6.45, 7) is 1.95. The number of carbonyl (C=O) groups is 1. The fourth-order valence-electron chi connectivity index (χ4n) is 3.16. The summed E-state index contributed by atoms with van der Waals surface area (Å²) in [5, 5.41) is 15.7. The zero-order chi connectivity index (χ0) is 21.3. The van der Waals surface area contributed by atoms with Crippen molar-refractivity contribution in [3.05, 3.63) is 88.9 Å². The van der Waals surface area contributed by atoms with Gasteiger partial charge < -0.3 is 5.11 Å². The van der Waals surface area contributed by atoms with Gasteiger partial charge in [0.15, 0.2) is 9.84 Å². The van der Waals surface area contributed by atoms with Crippen molar-refractivity contribution >= 4 is 27.1 Å². The Balaban J connectivity index is 1.77. The summed E-state index contributed by atoms with van der Waals surface area (Å²) >= 11 is 1.54. The minimum atomic E-state index is -3.70. The molecule has 0 saturated heterocycles. The number of aromatic carboxylic acids is 1. The van der Waals surface area contributed by atoms with Gasteiger partial charge >= 0.3 is 5.97 Å². The van der Waals surface area contributed by atoms with E-state index in [2.05, 4.69) is 5.10 Å². The van der Waals surface area contributed by atoms with E-state index in [0.29, 0.717) is 11.4 Å². The van der Waals surface area contributed by atoms with Gasteiger partial charge in [0.1, 0.15) is 5.69 Å². The van der Waals surface area contributed by atoms with Crippen molar-refractivity contribution < 1.29 is 18.3 Å². The molecule has 0 atom stereocenters. The van der Waals surface area contributed by atoms with E-state index in [-0.39, 0.29) is 16.2 Å². The van der Waals surface area contributed by atoms with E-state index in [0.717, 1.165) is 16.1 Å². The summed E-state index contributed by atoms with van der Waals surface area (Å²) in [6, 6.07) is 18.6. The fraction of sp³-hybridized carbons (Fsp3) is 0.0909. The van der Waals surface area contributed by atoms with Crippen molar-refractivity contribution in [2.24, 2.45) is 0 Å². The number of para-hydroxylation sites is 1. The Morgan fingerprint density at radius 3 is 2.43 bits per heavy atom. The van der Waals surface area contributed by atoms with Gasteiger partial charge in [-0.15, -0.1) is 11.3 Å². The third-order valence-corrected chi connectivity index (χ3v) is 7.26. The molecule has 4 rings (SSSR count). The van der Waals surface area contributed by atoms with Crippen molar-refractivity contribution in [2.75, 3.05) is 0 Å². The molecule has 0 bridgehead atoms. The van der Waals surface area contributed by atoms with Crippen LogP contribution < -0.4 is 0 Å². The Morgan fingerprint density at radius 2 is 1.80 bits per heavy atom. The minimum absolute atomic E-state index is 0.0406. The molecule has 2 heterocycles. The number of hydrogen-bond acceptors (Lipinski definition) is 5. The van der Waals surface area contributed by atoms with E-state index in [1.54, 1.807) is 10.7 Å². The Hall–Kier alpha value is -3.23. The van der Waals surface area contributed by atoms with Gasteiger partial charge in [-0.25, -0.2) is 17.9 Å². The molecule has 1 N–H and O–H groups in total. The molecule has 0 spiro atoms. The Morgan fingerprint density at radius 1 is 1.07 bits per heavy atom. The van der Waals surface area contributed by atoms with Gasteiger partial charge in [-0.1, -0.05) is 24.3 Å². The van der Waals surface area contributed by atoms with Crippen LogP contribution in [-0.4, -0.2) is 29.3 Å². The molecule has 2 aromatic heterocycles. The van der Waals surface area contributed by atoms with E-state index in [1.807, 2.05) is 48.7 Å². The first-order valence-electron chi connectivity index (χ1n) is 9.10. The molecule has 30 heavy (non-hydrogen) atoms. The molecule has 0 aliphatic carbocycles. The standard InChI is InChI=1S/C22H18N2O4S2/c1-15-5-2-3-6-20(15)24-17(13-19(23-24)21-7-4-12-29-21)14-30(27,28)18-10-8-16(9-11-18)22(25)26/h2-13H,14H2,1H3,(H,25,26). The summed E-state index contributed by atoms with van der Waals surface area (Å²) in [6.07, 6.45) is 0. The van der Waals surface area contributed by atoms with E-state index in [1.165, 1.54) is 35.6 Å². The summed E-state index contributed by atoms with van der Waals surface area (Å²) in [5.74, 6) is -1.36. The fourth-order valence-corrected chi connectivity index (χ4v) is 5.15. The van der Waals surface area contributed by atoms with Crippen LogP contribution in [0.4, 0.5) is 0 Å². The number of aromatic nitrogens is 2. The monoisotopic (exact) mass is 438 g/mol. The molecular formula is C22H18N2O4S2. The van der Waals surface area contributed by atoms with Crippen molar-refractivity contribution in [2.45, 2.75) is 17.6 Å². The van der Waals surface area contributed by atoms with Gasteiger partial charge in [0.2, 0.25) is 0 Å². The predicted octanol–water partition coefficient (Wildman–Crippen LogP) is 4.58. The molecule has 0 aliphatic rings. The Bertz CT molecular complexity index is 1310. The average Bonchev–Trinajstić information content (AvgIpc) is 3.38. The summed E-state index contributed by atoms with van der Waals surface area (Å²) < 4.78 is 27.8. The normalized spacial score (nSPS) is 11.5. The molecule has 152 valence electrons. The predicted molar refractivity (Wildman–Crippen MR) is 116 cm³/mol. The lowest BCUT2D eigenvalue weighted by atomic mass is 10.2. The number of hydrogen-bond donors (Lipinski definition) is 1. The Labute approximate surface area is 178 Å². The molecule has 2 aromatic carbocycles. The lowest BCUT2D eigenvalue weighted by molar-refractivity contribution is 0.0696. The molecule has 0 aliphatic heterocycles. The third-order valence-electron chi connectivity index (χ3n) is 4.70. The van der Waals surface area contributed by atoms with Crippen LogP contribution in [0.25, 0.3) is 16.3 Å². The minimum Gasteiger partial charge on any atom is -0.478 e. The molecule has 4 aromatic rings. The first-order valence-corrected chi connectivity index (χ1v) is 11.6. The van der Waals surface area contributed by atoms with Gasteiger partial charge in [0, 0.05) is 0 Å². The lowest BCUT2D eigenvalue weighted by Crippen LogP contribution is -2.11. The van der Waals surface area contributed by atoms with Gasteiger partial charge in [0.05, 0.1) is 32.5 Å². The van der Waals surface area contributed by atoms with Crippen molar-refractivity contribution in [1.82, 2.24) is 9.78 Å². The SMILES string of the molecule is Cc1ccccc1-n1nc(-c2cccs2)cc1CS(=O)(=O)c1ccc(C(=O)O)cc1. The van der Waals surface area contributed by atoms with Crippen LogP contribution in [-0.2, 0) is 15.6 Å². The van der Waals surface area contributed by atoms with Gasteiger partial charge in [0.25, 0.3) is 0 Å². The molecule has 0 radical (unpaired) electrons. The third kappa shape index (κ3) is 3.92. The largest absolute Gasteiger partial charge is 0.478 e. The highest BCUT2D eigenvalue weighted by Crippen LogP contribution is 2.28. The van der Waals surface area contributed by atoms with Crippen LogP contribution in [0.3, 0.4) is 0 Å². The van der Waals surface area contributed by atoms with E-state index < -0.39 is 15.8 Å². The highest BCUT2D eigenvalue weighted by Gasteiger charge is 2.22. The number of rotatable bonds is 6. The van der Waals surface area contributed by atoms with Crippen LogP contribution >= 0.6 is 11.3 Å². The van der Waals surface area contributed by atoms with Gasteiger partial charge in [-0.05, 0) is 60.3 Å². The highest BCUT2D eigenvalue weighted by molar-refractivity contribution is 7.90. The average molecular weight is 439 g/mol. The number of sulfone groups is 1. The van der Waals surface area contributed by atoms with Crippen molar-refractivity contribution in [3.8, 4) is 16.3 Å². The maximum absolute atomic E-state index is 13.1. The zero-order valence-electron chi connectivity index (χ0n) is 16.0. The smallest absolute Gasteiger partial charge is 0.335 e. The van der Waals surface area contributed by atoms with Crippen molar-refractivity contribution in [3.63, 3.8) is 0 Å². The number of aryl methyl sites for hydroxylation is 1. The van der Waals surface area contributed by atoms with Crippen LogP contribution in [0.1, 0.15) is 21.6 Å². The highest BCUT2D eigenvalue weighted by atomic mass is 32.2. The van der Waals surface area contributed by atoms with Crippen LogP contribution in [0.15, 0.2) is 77.0 Å². The van der Waals surface area contributed by atoms with Crippen molar-refractivity contribution in [1.29, 1.82) is 0 Å². The second-order valence-electron chi connectivity index (χ2n) is 6.79. The molecule has 6 nitrogen and oxygen atoms in total. The molecule has 0 fully saturated rings. The van der Waals surface area contributed by atoms with Crippen LogP contribution in [0.5, 0.6) is 0 Å². The maximum Gasteiger partial charge on any atom is 0.335 e. The molecular weight excluding hydrogens is 420 g/mol. The lowest BCUT2D eigenvalue weighted by Gasteiger charge is -2.11. The van der Waals surface area contributed by atoms with Crippen LogP contribution in [0, 0.1) is 6.92 Å². The first kappa shape index (κ1) is 20.1. The number of thiophene rings is 1. The maximum atomic E-state index is 13.1. The number of carboxylic acids is 1. The summed E-state index contributed by atoms with van der Waals surface area (Å²) in [7, 11) is -3.70. The number of benzene rings is 2. The molecule has 0 unspecified atom stereocenters. The van der Waals surface area contributed by atoms with E-state index >= 15 is 0 Å². The molecule has 8 heteroatoms. The summed E-state index contributed by atoms with van der Waals surface area (Å²) in [4.78, 5) is 12.1. The topological polar surface area (TPSA) is 89.3 Å². The summed E-state index contributed by atoms with van der Waals surface area (Å²) in [5.41, 5.74) is 3.07. The second kappa shape index (κ2) is 7.89. The zero-order valence-corrected chi connectivity index (χ0v) is 17.7. The van der Waals surface area contributed by atoms with E-state index in [4.69, 9.17) is 5.11 Å². The number of carboxylic acid groups (broad SMARTS) is 1. The second-order valence-corrected chi connectivity index (χ2v) is 9.72. The van der Waals surface area contributed by atoms with Gasteiger partial charge in [-0.3, -0.25) is 0 Å². The van der Waals surface area contributed by atoms with E-state index in [9.17, 15) is 13.2 Å². The first-order chi connectivity index (χ1) is 14.3. The Kier molecular flexibility index (Phi) is 5.27. The quantitative estimate of drug-likeness (QED) is 0.476. The molecule has 0 amide bonds. The van der Waals surface area contributed by atoms with Gasteiger partial charge in [-0.2, -0.15) is 5.10 Å². The molecule has 0 saturated carbocycles.